The molecule has 2 saturated heterocycles. The number of para-hydroxylation sites is 1. The molecule has 0 radical (unpaired) electrons. The highest BCUT2D eigenvalue weighted by atomic mass is 16.5. The molecule has 2 aliphatic heterocycles. The van der Waals surface area contributed by atoms with Gasteiger partial charge >= 0.3 is 0 Å². The van der Waals surface area contributed by atoms with E-state index in [-0.39, 0.29) is 24.3 Å². The predicted molar refractivity (Wildman–Crippen MR) is 126 cm³/mol. The second-order valence-corrected chi connectivity index (χ2v) is 8.30. The Morgan fingerprint density at radius 3 is 2.73 bits per heavy atom. The van der Waals surface area contributed by atoms with E-state index in [1.165, 1.54) is 0 Å². The highest BCUT2D eigenvalue weighted by Gasteiger charge is 2.30. The second kappa shape index (κ2) is 12.7. The number of hydrogen-bond donors (Lipinski definition) is 2. The number of likely N-dealkylation sites (tertiary alicyclic amines) is 2. The molecule has 1 aromatic rings. The van der Waals surface area contributed by atoms with E-state index in [9.17, 15) is 9.59 Å². The first-order valence-corrected chi connectivity index (χ1v) is 11.9. The Morgan fingerprint density at radius 2 is 1.97 bits per heavy atom. The summed E-state index contributed by atoms with van der Waals surface area (Å²) in [7, 11) is 0. The number of amides is 2. The van der Waals surface area contributed by atoms with Gasteiger partial charge in [0.05, 0.1) is 13.2 Å². The zero-order chi connectivity index (χ0) is 23.5. The van der Waals surface area contributed by atoms with Crippen LogP contribution < -0.4 is 15.4 Å². The summed E-state index contributed by atoms with van der Waals surface area (Å²) in [6.07, 6.45) is 6.93. The van der Waals surface area contributed by atoms with Crippen LogP contribution in [0.3, 0.4) is 0 Å². The van der Waals surface area contributed by atoms with E-state index in [1.54, 1.807) is 4.90 Å². The number of ether oxygens (including phenoxy) is 1. The van der Waals surface area contributed by atoms with Crippen LogP contribution in [-0.2, 0) is 16.0 Å². The number of nitrogens with zero attached hydrogens (tertiary/aromatic N) is 4. The molecule has 2 aliphatic rings. The largest absolute Gasteiger partial charge is 0.494 e. The van der Waals surface area contributed by atoms with Gasteiger partial charge in [-0.2, -0.15) is 5.26 Å². The Kier molecular flexibility index (Phi) is 9.36. The van der Waals surface area contributed by atoms with Gasteiger partial charge in [0.2, 0.25) is 17.8 Å². The summed E-state index contributed by atoms with van der Waals surface area (Å²) in [5.41, 5.74) is 1.04. The Bertz CT molecular complexity index is 875. The molecule has 1 unspecified atom stereocenters. The molecular weight excluding hydrogens is 420 g/mol. The van der Waals surface area contributed by atoms with Crippen molar-refractivity contribution in [1.82, 2.24) is 20.4 Å². The van der Waals surface area contributed by atoms with E-state index < -0.39 is 6.04 Å². The standard InChI is InChI=1S/C24H34N6O3/c1-2-33-21-11-4-3-9-19(21)12-13-26-24(27-18-25)28-20-10-5-6-16-30(23(20)32)17-22(31)29-14-7-8-15-29/h3-4,9,11,20H,2,5-8,10,12-17H2,1H3,(H2,26,27,28). The minimum Gasteiger partial charge on any atom is -0.494 e. The van der Waals surface area contributed by atoms with E-state index in [1.807, 2.05) is 42.3 Å². The zero-order valence-corrected chi connectivity index (χ0v) is 19.4. The van der Waals surface area contributed by atoms with Gasteiger partial charge in [0.25, 0.3) is 0 Å². The molecule has 0 aromatic heterocycles. The normalized spacial score (nSPS) is 19.1. The second-order valence-electron chi connectivity index (χ2n) is 8.30. The quantitative estimate of drug-likeness (QED) is 0.268. The number of nitriles is 1. The number of guanidine groups is 1. The summed E-state index contributed by atoms with van der Waals surface area (Å²) in [5.74, 6) is 1.00. The molecule has 1 aromatic carbocycles. The van der Waals surface area contributed by atoms with Crippen molar-refractivity contribution in [2.24, 2.45) is 4.99 Å². The van der Waals surface area contributed by atoms with Gasteiger partial charge in [-0.25, -0.2) is 0 Å². The highest BCUT2D eigenvalue weighted by molar-refractivity contribution is 5.92. The third kappa shape index (κ3) is 7.11. The van der Waals surface area contributed by atoms with Crippen LogP contribution in [0.1, 0.15) is 44.6 Å². The van der Waals surface area contributed by atoms with Gasteiger partial charge in [-0.15, -0.1) is 0 Å². The van der Waals surface area contributed by atoms with Crippen LogP contribution in [0.2, 0.25) is 0 Å². The molecule has 9 heteroatoms. The fourth-order valence-corrected chi connectivity index (χ4v) is 4.26. The first-order chi connectivity index (χ1) is 16.1. The van der Waals surface area contributed by atoms with Crippen molar-refractivity contribution in [2.45, 2.75) is 51.5 Å². The van der Waals surface area contributed by atoms with Crippen molar-refractivity contribution in [3.63, 3.8) is 0 Å². The van der Waals surface area contributed by atoms with Crippen molar-refractivity contribution < 1.29 is 14.3 Å². The SMILES string of the molecule is CCOc1ccccc1CCN=C(NC#N)NC1CCCCN(CC(=O)N2CCCC2)C1=O. The zero-order valence-electron chi connectivity index (χ0n) is 19.4. The van der Waals surface area contributed by atoms with Crippen molar-refractivity contribution in [3.05, 3.63) is 29.8 Å². The number of carbonyl (C=O) groups excluding carboxylic acids is 2. The van der Waals surface area contributed by atoms with E-state index >= 15 is 0 Å². The van der Waals surface area contributed by atoms with Crippen LogP contribution in [0, 0.1) is 11.5 Å². The monoisotopic (exact) mass is 454 g/mol. The number of hydrogen-bond acceptors (Lipinski definition) is 5. The van der Waals surface area contributed by atoms with Gasteiger partial charge in [0, 0.05) is 26.2 Å². The summed E-state index contributed by atoms with van der Waals surface area (Å²) in [5, 5.41) is 14.8. The molecule has 0 spiro atoms. The molecule has 0 saturated carbocycles. The van der Waals surface area contributed by atoms with Gasteiger partial charge in [-0.3, -0.25) is 19.9 Å². The van der Waals surface area contributed by atoms with Crippen LogP contribution in [-0.4, -0.2) is 72.9 Å². The molecule has 33 heavy (non-hydrogen) atoms. The average molecular weight is 455 g/mol. The molecule has 178 valence electrons. The van der Waals surface area contributed by atoms with E-state index in [0.717, 1.165) is 50.1 Å². The van der Waals surface area contributed by atoms with Crippen molar-refractivity contribution >= 4 is 17.8 Å². The lowest BCUT2D eigenvalue weighted by molar-refractivity contribution is -0.140. The Morgan fingerprint density at radius 1 is 1.21 bits per heavy atom. The summed E-state index contributed by atoms with van der Waals surface area (Å²) in [6.45, 7) is 5.20. The Labute approximate surface area is 195 Å². The van der Waals surface area contributed by atoms with Crippen molar-refractivity contribution in [1.29, 1.82) is 5.26 Å². The third-order valence-electron chi connectivity index (χ3n) is 5.97. The molecule has 2 N–H and O–H groups in total. The summed E-state index contributed by atoms with van der Waals surface area (Å²) < 4.78 is 5.66. The lowest BCUT2D eigenvalue weighted by Gasteiger charge is -2.27. The van der Waals surface area contributed by atoms with Gasteiger partial charge in [0.15, 0.2) is 6.19 Å². The van der Waals surface area contributed by atoms with Crippen LogP contribution in [0.25, 0.3) is 0 Å². The van der Waals surface area contributed by atoms with Crippen LogP contribution in [0.5, 0.6) is 5.75 Å². The van der Waals surface area contributed by atoms with Crippen LogP contribution in [0.4, 0.5) is 0 Å². The van der Waals surface area contributed by atoms with Crippen molar-refractivity contribution in [2.75, 3.05) is 39.3 Å². The highest BCUT2D eigenvalue weighted by Crippen LogP contribution is 2.18. The third-order valence-corrected chi connectivity index (χ3v) is 5.97. The van der Waals surface area contributed by atoms with Crippen LogP contribution in [0.15, 0.2) is 29.3 Å². The van der Waals surface area contributed by atoms with E-state index in [2.05, 4.69) is 15.6 Å². The number of carbonyl (C=O) groups is 2. The maximum absolute atomic E-state index is 13.2. The number of nitrogens with one attached hydrogen (secondary N) is 2. The van der Waals surface area contributed by atoms with Gasteiger partial charge in [-0.1, -0.05) is 18.2 Å². The number of aliphatic imine (C=N–C) groups is 1. The topological polar surface area (TPSA) is 110 Å². The van der Waals surface area contributed by atoms with Gasteiger partial charge < -0.3 is 19.9 Å². The molecule has 2 fully saturated rings. The Balaban J connectivity index is 1.61. The molecule has 2 heterocycles. The molecular formula is C24H34N6O3. The fourth-order valence-electron chi connectivity index (χ4n) is 4.26. The fraction of sp³-hybridized carbons (Fsp3) is 0.583. The lowest BCUT2D eigenvalue weighted by atomic mass is 10.1. The maximum atomic E-state index is 13.2. The summed E-state index contributed by atoms with van der Waals surface area (Å²) in [6, 6.07) is 7.29. The van der Waals surface area contributed by atoms with E-state index in [4.69, 9.17) is 10.00 Å². The minimum absolute atomic E-state index is 0.0125. The summed E-state index contributed by atoms with van der Waals surface area (Å²) in [4.78, 5) is 33.7. The van der Waals surface area contributed by atoms with Crippen molar-refractivity contribution in [3.8, 4) is 11.9 Å². The van der Waals surface area contributed by atoms with Crippen LogP contribution >= 0.6 is 0 Å². The molecule has 1 atom stereocenters. The number of benzene rings is 1. The van der Waals surface area contributed by atoms with Gasteiger partial charge in [-0.05, 0) is 57.1 Å². The lowest BCUT2D eigenvalue weighted by Crippen LogP contribution is -2.52. The molecule has 0 bridgehead atoms. The average Bonchev–Trinajstić information content (AvgIpc) is 3.30. The smallest absolute Gasteiger partial charge is 0.245 e. The summed E-state index contributed by atoms with van der Waals surface area (Å²) >= 11 is 0. The first-order valence-electron chi connectivity index (χ1n) is 11.9. The molecule has 0 aliphatic carbocycles. The predicted octanol–water partition coefficient (Wildman–Crippen LogP) is 1.65. The number of rotatable bonds is 8. The minimum atomic E-state index is -0.519. The first kappa shape index (κ1) is 24.4. The van der Waals surface area contributed by atoms with E-state index in [0.29, 0.717) is 32.5 Å². The molecule has 9 nitrogen and oxygen atoms in total. The Hall–Kier alpha value is -3.28. The molecule has 2 amide bonds. The molecule has 3 rings (SSSR count). The van der Waals surface area contributed by atoms with Gasteiger partial charge in [0.1, 0.15) is 11.8 Å². The maximum Gasteiger partial charge on any atom is 0.245 e.